The number of nitrogens with zero attached hydrogens (tertiary/aromatic N) is 3. The fourth-order valence-electron chi connectivity index (χ4n) is 3.00. The quantitative estimate of drug-likeness (QED) is 0.892. The Balaban J connectivity index is 0.00000208. The highest BCUT2D eigenvalue weighted by Gasteiger charge is 2.33. The van der Waals surface area contributed by atoms with Crippen molar-refractivity contribution < 1.29 is 4.52 Å². The minimum absolute atomic E-state index is 0. The smallest absolute Gasteiger partial charge is 0.228 e. The summed E-state index contributed by atoms with van der Waals surface area (Å²) in [5, 5.41) is 4.75. The molecule has 24 heavy (non-hydrogen) atoms. The molecule has 1 atom stereocenters. The van der Waals surface area contributed by atoms with Crippen molar-refractivity contribution in [2.45, 2.75) is 32.7 Å². The molecule has 7 heteroatoms. The van der Waals surface area contributed by atoms with Crippen LogP contribution in [0, 0.1) is 5.41 Å². The monoisotopic (exact) mass is 370 g/mol. The van der Waals surface area contributed by atoms with Gasteiger partial charge < -0.3 is 15.2 Å². The maximum atomic E-state index is 6.18. The van der Waals surface area contributed by atoms with Crippen LogP contribution in [0.3, 0.4) is 0 Å². The predicted molar refractivity (Wildman–Crippen MR) is 98.5 cm³/mol. The Morgan fingerprint density at radius 3 is 2.71 bits per heavy atom. The first-order chi connectivity index (χ1) is 10.9. The standard InChI is InChI=1S/C17H23ClN4O.ClH/c1-17(2)11-22(9-7-14(17)19)10-8-15-20-16(21-23-15)12-3-5-13(18)6-4-12;/h3-6,14H,7-11,19H2,1-2H3;1H. The van der Waals surface area contributed by atoms with E-state index < -0.39 is 0 Å². The molecule has 1 saturated heterocycles. The van der Waals surface area contributed by atoms with E-state index in [4.69, 9.17) is 21.9 Å². The van der Waals surface area contributed by atoms with E-state index in [2.05, 4.69) is 28.9 Å². The number of piperidine rings is 1. The first kappa shape index (κ1) is 19.2. The van der Waals surface area contributed by atoms with Gasteiger partial charge in [-0.1, -0.05) is 30.6 Å². The van der Waals surface area contributed by atoms with Gasteiger partial charge in [0.15, 0.2) is 0 Å². The summed E-state index contributed by atoms with van der Waals surface area (Å²) in [7, 11) is 0. The first-order valence-electron chi connectivity index (χ1n) is 8.00. The van der Waals surface area contributed by atoms with E-state index in [1.165, 1.54) is 0 Å². The fraction of sp³-hybridized carbons (Fsp3) is 0.529. The molecule has 1 aromatic heterocycles. The highest BCUT2D eigenvalue weighted by Crippen LogP contribution is 2.27. The van der Waals surface area contributed by atoms with Crippen LogP contribution in [0.2, 0.25) is 5.02 Å². The highest BCUT2D eigenvalue weighted by atomic mass is 35.5. The van der Waals surface area contributed by atoms with Gasteiger partial charge in [0.25, 0.3) is 0 Å². The van der Waals surface area contributed by atoms with Crippen molar-refractivity contribution in [1.82, 2.24) is 15.0 Å². The van der Waals surface area contributed by atoms with E-state index >= 15 is 0 Å². The number of benzene rings is 1. The Bertz CT molecular complexity index is 657. The zero-order chi connectivity index (χ0) is 16.4. The second-order valence-electron chi connectivity index (χ2n) is 6.93. The van der Waals surface area contributed by atoms with E-state index in [-0.39, 0.29) is 23.9 Å². The molecule has 0 aliphatic carbocycles. The molecule has 1 fully saturated rings. The average molecular weight is 371 g/mol. The topological polar surface area (TPSA) is 68.2 Å². The molecule has 2 aromatic rings. The summed E-state index contributed by atoms with van der Waals surface area (Å²) in [5.41, 5.74) is 7.25. The van der Waals surface area contributed by atoms with Gasteiger partial charge in [0, 0.05) is 36.1 Å². The van der Waals surface area contributed by atoms with E-state index in [0.717, 1.165) is 38.0 Å². The lowest BCUT2D eigenvalue weighted by molar-refractivity contribution is 0.0945. The minimum atomic E-state index is 0. The second-order valence-corrected chi connectivity index (χ2v) is 7.36. The van der Waals surface area contributed by atoms with E-state index in [1.807, 2.05) is 24.3 Å². The lowest BCUT2D eigenvalue weighted by atomic mass is 9.80. The van der Waals surface area contributed by atoms with Crippen molar-refractivity contribution in [2.75, 3.05) is 19.6 Å². The number of halogens is 2. The second kappa shape index (κ2) is 7.83. The molecule has 5 nitrogen and oxygen atoms in total. The molecular weight excluding hydrogens is 347 g/mol. The van der Waals surface area contributed by atoms with Crippen molar-refractivity contribution in [3.8, 4) is 11.4 Å². The Hall–Kier alpha value is -1.14. The third-order valence-corrected chi connectivity index (χ3v) is 4.86. The Morgan fingerprint density at radius 1 is 1.33 bits per heavy atom. The summed E-state index contributed by atoms with van der Waals surface area (Å²) < 4.78 is 5.37. The fourth-order valence-corrected chi connectivity index (χ4v) is 3.13. The van der Waals surface area contributed by atoms with Gasteiger partial charge in [0.2, 0.25) is 11.7 Å². The van der Waals surface area contributed by atoms with Crippen molar-refractivity contribution in [2.24, 2.45) is 11.1 Å². The predicted octanol–water partition coefficient (Wildman–Crippen LogP) is 3.41. The Kier molecular flexibility index (Phi) is 6.26. The van der Waals surface area contributed by atoms with Crippen LogP contribution >= 0.6 is 24.0 Å². The van der Waals surface area contributed by atoms with Crippen LogP contribution in [-0.2, 0) is 6.42 Å². The maximum absolute atomic E-state index is 6.18. The van der Waals surface area contributed by atoms with Crippen LogP contribution in [0.4, 0.5) is 0 Å². The summed E-state index contributed by atoms with van der Waals surface area (Å²) >= 11 is 5.89. The molecule has 2 N–H and O–H groups in total. The minimum Gasteiger partial charge on any atom is -0.339 e. The number of nitrogens with two attached hydrogens (primary N) is 1. The molecule has 1 aromatic carbocycles. The molecule has 0 radical (unpaired) electrons. The van der Waals surface area contributed by atoms with Gasteiger partial charge in [-0.05, 0) is 42.6 Å². The molecule has 132 valence electrons. The van der Waals surface area contributed by atoms with Crippen LogP contribution in [0.15, 0.2) is 28.8 Å². The van der Waals surface area contributed by atoms with Crippen molar-refractivity contribution in [1.29, 1.82) is 0 Å². The van der Waals surface area contributed by atoms with E-state index in [9.17, 15) is 0 Å². The Morgan fingerprint density at radius 2 is 2.04 bits per heavy atom. The van der Waals surface area contributed by atoms with Gasteiger partial charge in [0.05, 0.1) is 0 Å². The van der Waals surface area contributed by atoms with Gasteiger partial charge in [-0.25, -0.2) is 0 Å². The molecule has 0 spiro atoms. The third kappa shape index (κ3) is 4.48. The number of hydrogen-bond acceptors (Lipinski definition) is 5. The molecule has 1 aliphatic heterocycles. The average Bonchev–Trinajstić information content (AvgIpc) is 2.98. The lowest BCUT2D eigenvalue weighted by Gasteiger charge is -2.42. The van der Waals surface area contributed by atoms with Crippen LogP contribution in [0.1, 0.15) is 26.2 Å². The van der Waals surface area contributed by atoms with Crippen molar-refractivity contribution in [3.63, 3.8) is 0 Å². The summed E-state index contributed by atoms with van der Waals surface area (Å²) in [6.07, 6.45) is 1.79. The zero-order valence-electron chi connectivity index (χ0n) is 14.0. The summed E-state index contributed by atoms with van der Waals surface area (Å²) in [4.78, 5) is 6.90. The number of rotatable bonds is 4. The van der Waals surface area contributed by atoms with Gasteiger partial charge in [-0.2, -0.15) is 4.98 Å². The van der Waals surface area contributed by atoms with E-state index in [0.29, 0.717) is 16.7 Å². The lowest BCUT2D eigenvalue weighted by Crippen LogP contribution is -2.52. The molecule has 3 rings (SSSR count). The largest absolute Gasteiger partial charge is 0.339 e. The van der Waals surface area contributed by atoms with Crippen LogP contribution in [-0.4, -0.2) is 40.7 Å². The molecule has 2 heterocycles. The van der Waals surface area contributed by atoms with Gasteiger partial charge in [0.1, 0.15) is 0 Å². The van der Waals surface area contributed by atoms with Crippen LogP contribution in [0.5, 0.6) is 0 Å². The summed E-state index contributed by atoms with van der Waals surface area (Å²) in [5.74, 6) is 1.28. The molecule has 1 aliphatic rings. The zero-order valence-corrected chi connectivity index (χ0v) is 15.6. The van der Waals surface area contributed by atoms with Crippen LogP contribution < -0.4 is 5.73 Å². The van der Waals surface area contributed by atoms with Crippen molar-refractivity contribution in [3.05, 3.63) is 35.2 Å². The molecular formula is C17H24Cl2N4O. The molecule has 0 amide bonds. The first-order valence-corrected chi connectivity index (χ1v) is 8.38. The summed E-state index contributed by atoms with van der Waals surface area (Å²) in [6.45, 7) is 7.41. The van der Waals surface area contributed by atoms with Crippen molar-refractivity contribution >= 4 is 24.0 Å². The third-order valence-electron chi connectivity index (χ3n) is 4.60. The highest BCUT2D eigenvalue weighted by molar-refractivity contribution is 6.30. The SMILES string of the molecule is CC1(C)CN(CCc2nc(-c3ccc(Cl)cc3)no2)CCC1N.Cl. The van der Waals surface area contributed by atoms with Crippen LogP contribution in [0.25, 0.3) is 11.4 Å². The number of hydrogen-bond donors (Lipinski definition) is 1. The Labute approximate surface area is 154 Å². The normalized spacial score (nSPS) is 20.6. The molecule has 0 bridgehead atoms. The number of likely N-dealkylation sites (tertiary alicyclic amines) is 1. The van der Waals surface area contributed by atoms with Gasteiger partial charge in [-0.3, -0.25) is 0 Å². The number of aromatic nitrogens is 2. The van der Waals surface area contributed by atoms with Gasteiger partial charge in [-0.15, -0.1) is 12.4 Å². The van der Waals surface area contributed by atoms with E-state index in [1.54, 1.807) is 0 Å². The summed E-state index contributed by atoms with van der Waals surface area (Å²) in [6, 6.07) is 7.72. The van der Waals surface area contributed by atoms with Gasteiger partial charge >= 0.3 is 0 Å². The molecule has 0 saturated carbocycles. The molecule has 1 unspecified atom stereocenters. The maximum Gasteiger partial charge on any atom is 0.228 e.